The molecule has 0 fully saturated rings. The Morgan fingerprint density at radius 2 is 1.24 bits per heavy atom. The van der Waals surface area contributed by atoms with Gasteiger partial charge in [-0.2, -0.15) is 0 Å². The van der Waals surface area contributed by atoms with Crippen LogP contribution in [0.4, 0.5) is 0 Å². The van der Waals surface area contributed by atoms with Gasteiger partial charge in [0.05, 0.1) is 10.6 Å². The molecule has 0 aliphatic heterocycles. The second-order valence-corrected chi connectivity index (χ2v) is 8.33. The number of pyridine rings is 1. The third kappa shape index (κ3) is 2.65. The van der Waals surface area contributed by atoms with Gasteiger partial charge >= 0.3 is 0 Å². The minimum atomic E-state index is 1.06. The van der Waals surface area contributed by atoms with Crippen molar-refractivity contribution >= 4 is 43.0 Å². The van der Waals surface area contributed by atoms with Crippen LogP contribution in [0.1, 0.15) is 0 Å². The van der Waals surface area contributed by atoms with Crippen molar-refractivity contribution in [2.45, 2.75) is 0 Å². The zero-order valence-corrected chi connectivity index (χ0v) is 16.5. The van der Waals surface area contributed by atoms with Gasteiger partial charge in [-0.15, -0.1) is 11.3 Å². The van der Waals surface area contributed by atoms with Crippen molar-refractivity contribution in [1.82, 2.24) is 4.98 Å². The third-order valence-corrected chi connectivity index (χ3v) is 6.66. The van der Waals surface area contributed by atoms with Crippen molar-refractivity contribution in [3.63, 3.8) is 0 Å². The Labute approximate surface area is 172 Å². The highest BCUT2D eigenvalue weighted by Crippen LogP contribution is 2.40. The van der Waals surface area contributed by atoms with Crippen LogP contribution in [0.2, 0.25) is 0 Å². The van der Waals surface area contributed by atoms with E-state index in [1.807, 2.05) is 6.20 Å². The molecule has 0 aliphatic rings. The molecule has 29 heavy (non-hydrogen) atoms. The number of aromatic nitrogens is 1. The van der Waals surface area contributed by atoms with Crippen LogP contribution in [0.15, 0.2) is 103 Å². The zero-order valence-electron chi connectivity index (χ0n) is 15.7. The van der Waals surface area contributed by atoms with E-state index in [1.54, 1.807) is 11.3 Å². The van der Waals surface area contributed by atoms with E-state index in [0.717, 1.165) is 5.69 Å². The lowest BCUT2D eigenvalue weighted by atomic mass is 9.94. The summed E-state index contributed by atoms with van der Waals surface area (Å²) in [5.41, 5.74) is 3.47. The van der Waals surface area contributed by atoms with Gasteiger partial charge in [0.25, 0.3) is 0 Å². The van der Waals surface area contributed by atoms with Crippen LogP contribution in [0, 0.1) is 0 Å². The first-order chi connectivity index (χ1) is 14.4. The summed E-state index contributed by atoms with van der Waals surface area (Å²) in [6, 6.07) is 34.5. The number of nitrogens with zero attached hydrogens (tertiary/aromatic N) is 1. The topological polar surface area (TPSA) is 12.9 Å². The third-order valence-electron chi connectivity index (χ3n) is 5.53. The first-order valence-corrected chi connectivity index (χ1v) is 10.5. The maximum Gasteiger partial charge on any atom is 0.0880 e. The molecule has 4 aromatic carbocycles. The van der Waals surface area contributed by atoms with Crippen LogP contribution in [0.5, 0.6) is 0 Å². The van der Waals surface area contributed by atoms with Gasteiger partial charge in [0.15, 0.2) is 0 Å². The van der Waals surface area contributed by atoms with Gasteiger partial charge in [0, 0.05) is 21.8 Å². The van der Waals surface area contributed by atoms with E-state index in [2.05, 4.69) is 97.1 Å². The first-order valence-electron chi connectivity index (χ1n) is 9.73. The van der Waals surface area contributed by atoms with E-state index in [1.165, 1.54) is 47.6 Å². The highest BCUT2D eigenvalue weighted by molar-refractivity contribution is 7.22. The Kier molecular flexibility index (Phi) is 3.71. The number of thiophene rings is 1. The summed E-state index contributed by atoms with van der Waals surface area (Å²) >= 11 is 1.81. The van der Waals surface area contributed by atoms with E-state index in [-0.39, 0.29) is 0 Å². The Balaban J connectivity index is 1.64. The van der Waals surface area contributed by atoms with E-state index >= 15 is 0 Å². The molecule has 0 radical (unpaired) electrons. The summed E-state index contributed by atoms with van der Waals surface area (Å²) in [5, 5.41) is 6.23. The second kappa shape index (κ2) is 6.54. The van der Waals surface area contributed by atoms with Crippen molar-refractivity contribution in [3.05, 3.63) is 103 Å². The number of fused-ring (bicyclic) bond motifs is 3. The first kappa shape index (κ1) is 16.5. The van der Waals surface area contributed by atoms with Gasteiger partial charge in [0.1, 0.15) is 0 Å². The Morgan fingerprint density at radius 1 is 0.552 bits per heavy atom. The molecule has 6 aromatic rings. The Bertz CT molecular complexity index is 1470. The van der Waals surface area contributed by atoms with Crippen LogP contribution in [-0.4, -0.2) is 4.98 Å². The summed E-state index contributed by atoms with van der Waals surface area (Å²) < 4.78 is 1.30. The monoisotopic (exact) mass is 387 g/mol. The SMILES string of the molecule is c1ccc2sc(-c3ncc(-c4cccc5ccccc45)c4ccccc34)cc2c1. The Morgan fingerprint density at radius 3 is 2.10 bits per heavy atom. The van der Waals surface area contributed by atoms with E-state index < -0.39 is 0 Å². The highest BCUT2D eigenvalue weighted by Gasteiger charge is 2.14. The molecule has 0 N–H and O–H groups in total. The molecule has 0 saturated heterocycles. The fourth-order valence-corrected chi connectivity index (χ4v) is 5.24. The van der Waals surface area contributed by atoms with Gasteiger partial charge in [-0.1, -0.05) is 84.9 Å². The molecule has 2 heterocycles. The fourth-order valence-electron chi connectivity index (χ4n) is 4.16. The van der Waals surface area contributed by atoms with Gasteiger partial charge in [0.2, 0.25) is 0 Å². The molecular formula is C27H17NS. The normalized spacial score (nSPS) is 11.4. The average Bonchev–Trinajstić information content (AvgIpc) is 3.22. The maximum absolute atomic E-state index is 4.97. The van der Waals surface area contributed by atoms with Crippen LogP contribution in [0.25, 0.3) is 53.3 Å². The van der Waals surface area contributed by atoms with Crippen LogP contribution < -0.4 is 0 Å². The van der Waals surface area contributed by atoms with Crippen molar-refractivity contribution in [1.29, 1.82) is 0 Å². The largest absolute Gasteiger partial charge is 0.254 e. The standard InChI is InChI=1S/C27H17NS/c1-3-11-20-18(8-1)10-7-14-21(20)24-17-28-27(23-13-5-4-12-22(23)24)26-16-19-9-2-6-15-25(19)29-26/h1-17H. The van der Waals surface area contributed by atoms with Gasteiger partial charge in [-0.05, 0) is 39.2 Å². The number of rotatable bonds is 2. The predicted octanol–water partition coefficient (Wildman–Crippen LogP) is 7.94. The lowest BCUT2D eigenvalue weighted by Gasteiger charge is -2.12. The van der Waals surface area contributed by atoms with Crippen molar-refractivity contribution in [2.24, 2.45) is 0 Å². The van der Waals surface area contributed by atoms with Crippen LogP contribution in [-0.2, 0) is 0 Å². The smallest absolute Gasteiger partial charge is 0.0880 e. The minimum absolute atomic E-state index is 1.06. The molecule has 136 valence electrons. The van der Waals surface area contributed by atoms with Crippen molar-refractivity contribution < 1.29 is 0 Å². The molecule has 0 bridgehead atoms. The van der Waals surface area contributed by atoms with Crippen molar-refractivity contribution in [2.75, 3.05) is 0 Å². The fraction of sp³-hybridized carbons (Fsp3) is 0. The molecule has 0 spiro atoms. The van der Waals surface area contributed by atoms with Crippen LogP contribution >= 0.6 is 11.3 Å². The molecule has 2 aromatic heterocycles. The highest BCUT2D eigenvalue weighted by atomic mass is 32.1. The van der Waals surface area contributed by atoms with E-state index in [0.29, 0.717) is 0 Å². The van der Waals surface area contributed by atoms with Gasteiger partial charge < -0.3 is 0 Å². The summed E-state index contributed by atoms with van der Waals surface area (Å²) in [7, 11) is 0. The molecule has 0 aliphatic carbocycles. The summed E-state index contributed by atoms with van der Waals surface area (Å²) in [6.45, 7) is 0. The van der Waals surface area contributed by atoms with E-state index in [4.69, 9.17) is 4.98 Å². The summed E-state index contributed by atoms with van der Waals surface area (Å²) in [4.78, 5) is 6.18. The lowest BCUT2D eigenvalue weighted by Crippen LogP contribution is -1.89. The minimum Gasteiger partial charge on any atom is -0.254 e. The Hall–Kier alpha value is -3.49. The number of hydrogen-bond donors (Lipinski definition) is 0. The molecule has 2 heteroatoms. The molecule has 0 atom stereocenters. The molecule has 0 unspecified atom stereocenters. The maximum atomic E-state index is 4.97. The predicted molar refractivity (Wildman–Crippen MR) is 126 cm³/mol. The number of hydrogen-bond acceptors (Lipinski definition) is 2. The zero-order chi connectivity index (χ0) is 19.2. The quantitative estimate of drug-likeness (QED) is 0.294. The van der Waals surface area contributed by atoms with Crippen LogP contribution in [0.3, 0.4) is 0 Å². The second-order valence-electron chi connectivity index (χ2n) is 7.24. The molecule has 6 rings (SSSR count). The molecule has 0 saturated carbocycles. The summed E-state index contributed by atoms with van der Waals surface area (Å²) in [6.07, 6.45) is 2.05. The van der Waals surface area contributed by atoms with Gasteiger partial charge in [-0.25, -0.2) is 0 Å². The lowest BCUT2D eigenvalue weighted by molar-refractivity contribution is 1.37. The van der Waals surface area contributed by atoms with Crippen molar-refractivity contribution in [3.8, 4) is 21.7 Å². The average molecular weight is 388 g/mol. The molecular weight excluding hydrogens is 370 g/mol. The number of benzene rings is 4. The van der Waals surface area contributed by atoms with Gasteiger partial charge in [-0.3, -0.25) is 4.98 Å². The summed E-state index contributed by atoms with van der Waals surface area (Å²) in [5.74, 6) is 0. The molecule has 0 amide bonds. The van der Waals surface area contributed by atoms with E-state index in [9.17, 15) is 0 Å². The molecule has 1 nitrogen and oxygen atoms in total.